The van der Waals surface area contributed by atoms with Crippen molar-refractivity contribution in [1.82, 2.24) is 10.2 Å². The molecule has 3 nitrogen and oxygen atoms in total. The number of hydrogen-bond donors (Lipinski definition) is 1. The van der Waals surface area contributed by atoms with Crippen LogP contribution in [0.3, 0.4) is 0 Å². The lowest BCUT2D eigenvalue weighted by Gasteiger charge is -2.32. The maximum absolute atomic E-state index is 5.91. The van der Waals surface area contributed by atoms with Crippen LogP contribution >= 0.6 is 0 Å². The van der Waals surface area contributed by atoms with Gasteiger partial charge in [-0.1, -0.05) is 24.3 Å². The Balaban J connectivity index is 1.36. The fraction of sp³-hybridized carbons (Fsp3) is 0.647. The number of fused-ring (bicyclic) bond motifs is 2. The van der Waals surface area contributed by atoms with E-state index in [0.29, 0.717) is 12.2 Å². The Hall–Kier alpha value is -0.900. The van der Waals surface area contributed by atoms with E-state index in [9.17, 15) is 0 Å². The van der Waals surface area contributed by atoms with Crippen LogP contribution in [0.1, 0.15) is 36.8 Å². The van der Waals surface area contributed by atoms with Crippen LogP contribution in [0.2, 0.25) is 0 Å². The van der Waals surface area contributed by atoms with Gasteiger partial charge in [0.15, 0.2) is 0 Å². The van der Waals surface area contributed by atoms with Crippen LogP contribution in [0.25, 0.3) is 0 Å². The SMILES string of the molecule is c1cc(CNC2CC2)cc(CN2CC3CCC(C2)O3)c1. The van der Waals surface area contributed by atoms with E-state index in [1.54, 1.807) is 0 Å². The number of nitrogens with zero attached hydrogens (tertiary/aromatic N) is 1. The van der Waals surface area contributed by atoms with E-state index in [1.165, 1.54) is 36.8 Å². The molecule has 1 aromatic rings. The molecule has 2 atom stereocenters. The van der Waals surface area contributed by atoms with Crippen molar-refractivity contribution in [2.45, 2.75) is 57.0 Å². The van der Waals surface area contributed by atoms with Gasteiger partial charge >= 0.3 is 0 Å². The summed E-state index contributed by atoms with van der Waals surface area (Å²) in [5.41, 5.74) is 2.87. The Bertz CT molecular complexity index is 460. The van der Waals surface area contributed by atoms with Crippen molar-refractivity contribution < 1.29 is 4.74 Å². The van der Waals surface area contributed by atoms with Crippen molar-refractivity contribution in [3.05, 3.63) is 35.4 Å². The molecule has 2 saturated heterocycles. The highest BCUT2D eigenvalue weighted by molar-refractivity contribution is 5.23. The van der Waals surface area contributed by atoms with E-state index in [-0.39, 0.29) is 0 Å². The molecule has 2 bridgehead atoms. The number of likely N-dealkylation sites (tertiary alicyclic amines) is 1. The van der Waals surface area contributed by atoms with Crippen LogP contribution in [-0.2, 0) is 17.8 Å². The van der Waals surface area contributed by atoms with Crippen LogP contribution in [0.4, 0.5) is 0 Å². The van der Waals surface area contributed by atoms with Gasteiger partial charge in [0.05, 0.1) is 12.2 Å². The molecule has 0 spiro atoms. The van der Waals surface area contributed by atoms with E-state index < -0.39 is 0 Å². The van der Waals surface area contributed by atoms with Gasteiger partial charge in [0.1, 0.15) is 0 Å². The van der Waals surface area contributed by atoms with Crippen LogP contribution < -0.4 is 5.32 Å². The Labute approximate surface area is 121 Å². The van der Waals surface area contributed by atoms with E-state index >= 15 is 0 Å². The molecule has 4 rings (SSSR count). The zero-order chi connectivity index (χ0) is 13.4. The summed E-state index contributed by atoms with van der Waals surface area (Å²) < 4.78 is 5.91. The lowest BCUT2D eigenvalue weighted by atomic mass is 10.1. The quantitative estimate of drug-likeness (QED) is 0.890. The maximum atomic E-state index is 5.91. The van der Waals surface area contributed by atoms with Gasteiger partial charge in [-0.3, -0.25) is 4.90 Å². The smallest absolute Gasteiger partial charge is 0.0707 e. The summed E-state index contributed by atoms with van der Waals surface area (Å²) in [5, 5.41) is 3.59. The van der Waals surface area contributed by atoms with Crippen molar-refractivity contribution in [3.8, 4) is 0 Å². The fourth-order valence-corrected chi connectivity index (χ4v) is 3.47. The monoisotopic (exact) mass is 272 g/mol. The van der Waals surface area contributed by atoms with Gasteiger partial charge in [0.2, 0.25) is 0 Å². The number of hydrogen-bond acceptors (Lipinski definition) is 3. The normalized spacial score (nSPS) is 29.8. The van der Waals surface area contributed by atoms with E-state index in [0.717, 1.165) is 32.2 Å². The first-order valence-electron chi connectivity index (χ1n) is 8.04. The molecule has 108 valence electrons. The first-order chi connectivity index (χ1) is 9.85. The largest absolute Gasteiger partial charge is 0.372 e. The van der Waals surface area contributed by atoms with Crippen molar-refractivity contribution >= 4 is 0 Å². The molecule has 3 fully saturated rings. The molecule has 3 aliphatic rings. The average Bonchev–Trinajstić information content (AvgIpc) is 3.22. The summed E-state index contributed by atoms with van der Waals surface area (Å²) in [4.78, 5) is 2.57. The molecule has 0 aromatic heterocycles. The summed E-state index contributed by atoms with van der Waals surface area (Å²) >= 11 is 0. The fourth-order valence-electron chi connectivity index (χ4n) is 3.47. The van der Waals surface area contributed by atoms with E-state index in [1.807, 2.05) is 0 Å². The standard InChI is InChI=1S/C17H24N2O/c1-2-13(9-18-15-4-5-15)8-14(3-1)10-19-11-16-6-7-17(12-19)20-16/h1-3,8,15-18H,4-7,9-12H2. The van der Waals surface area contributed by atoms with Gasteiger partial charge < -0.3 is 10.1 Å². The summed E-state index contributed by atoms with van der Waals surface area (Å²) in [6, 6.07) is 9.86. The third-order valence-electron chi connectivity index (χ3n) is 4.69. The van der Waals surface area contributed by atoms with Crippen molar-refractivity contribution in [1.29, 1.82) is 0 Å². The summed E-state index contributed by atoms with van der Waals surface area (Å²) in [7, 11) is 0. The maximum Gasteiger partial charge on any atom is 0.0707 e. The molecular weight excluding hydrogens is 248 g/mol. The Morgan fingerprint density at radius 2 is 1.80 bits per heavy atom. The predicted octanol–water partition coefficient (Wildman–Crippen LogP) is 2.30. The van der Waals surface area contributed by atoms with Gasteiger partial charge in [-0.05, 0) is 36.8 Å². The highest BCUT2D eigenvalue weighted by atomic mass is 16.5. The van der Waals surface area contributed by atoms with Crippen molar-refractivity contribution in [2.24, 2.45) is 0 Å². The first kappa shape index (κ1) is 12.8. The number of benzene rings is 1. The second-order valence-corrected chi connectivity index (χ2v) is 6.63. The molecule has 1 saturated carbocycles. The molecule has 0 amide bonds. The summed E-state index contributed by atoms with van der Waals surface area (Å²) in [6.45, 7) is 4.32. The van der Waals surface area contributed by atoms with Gasteiger partial charge in [-0.15, -0.1) is 0 Å². The summed E-state index contributed by atoms with van der Waals surface area (Å²) in [5.74, 6) is 0. The average molecular weight is 272 g/mol. The third kappa shape index (κ3) is 3.05. The second-order valence-electron chi connectivity index (χ2n) is 6.63. The first-order valence-corrected chi connectivity index (χ1v) is 8.04. The molecule has 2 heterocycles. The molecular formula is C17H24N2O. The van der Waals surface area contributed by atoms with E-state index in [4.69, 9.17) is 4.74 Å². The Morgan fingerprint density at radius 1 is 1.05 bits per heavy atom. The molecule has 20 heavy (non-hydrogen) atoms. The predicted molar refractivity (Wildman–Crippen MR) is 79.5 cm³/mol. The molecule has 1 aliphatic carbocycles. The number of nitrogens with one attached hydrogen (secondary N) is 1. The highest BCUT2D eigenvalue weighted by Gasteiger charge is 2.33. The minimum absolute atomic E-state index is 0.494. The molecule has 2 unspecified atom stereocenters. The zero-order valence-electron chi connectivity index (χ0n) is 12.1. The summed E-state index contributed by atoms with van der Waals surface area (Å²) in [6.07, 6.45) is 6.22. The lowest BCUT2D eigenvalue weighted by Crippen LogP contribution is -2.41. The van der Waals surface area contributed by atoms with Crippen LogP contribution in [0.5, 0.6) is 0 Å². The van der Waals surface area contributed by atoms with Crippen LogP contribution in [0.15, 0.2) is 24.3 Å². The second kappa shape index (κ2) is 5.47. The number of rotatable bonds is 5. The van der Waals surface area contributed by atoms with Crippen LogP contribution in [0, 0.1) is 0 Å². The molecule has 1 aromatic carbocycles. The Morgan fingerprint density at radius 3 is 2.55 bits per heavy atom. The molecule has 1 N–H and O–H groups in total. The highest BCUT2D eigenvalue weighted by Crippen LogP contribution is 2.27. The van der Waals surface area contributed by atoms with Gasteiger partial charge in [-0.25, -0.2) is 0 Å². The molecule has 2 aliphatic heterocycles. The van der Waals surface area contributed by atoms with Gasteiger partial charge in [0.25, 0.3) is 0 Å². The van der Waals surface area contributed by atoms with Gasteiger partial charge in [-0.2, -0.15) is 0 Å². The van der Waals surface area contributed by atoms with Crippen LogP contribution in [-0.4, -0.2) is 36.2 Å². The van der Waals surface area contributed by atoms with Gasteiger partial charge in [0, 0.05) is 32.2 Å². The number of morpholine rings is 1. The minimum Gasteiger partial charge on any atom is -0.372 e. The van der Waals surface area contributed by atoms with E-state index in [2.05, 4.69) is 34.5 Å². The van der Waals surface area contributed by atoms with Crippen molar-refractivity contribution in [3.63, 3.8) is 0 Å². The topological polar surface area (TPSA) is 24.5 Å². The molecule has 3 heteroatoms. The lowest BCUT2D eigenvalue weighted by molar-refractivity contribution is -0.0410. The Kier molecular flexibility index (Phi) is 3.51. The number of ether oxygens (including phenoxy) is 1. The minimum atomic E-state index is 0.494. The molecule has 0 radical (unpaired) electrons. The zero-order valence-corrected chi connectivity index (χ0v) is 12.1. The third-order valence-corrected chi connectivity index (χ3v) is 4.69. The van der Waals surface area contributed by atoms with Crippen molar-refractivity contribution in [2.75, 3.05) is 13.1 Å².